The van der Waals surface area contributed by atoms with Gasteiger partial charge < -0.3 is 5.32 Å². The molecule has 0 fully saturated rings. The van der Waals surface area contributed by atoms with Crippen molar-refractivity contribution in [3.05, 3.63) is 94.2 Å². The zero-order valence-corrected chi connectivity index (χ0v) is 22.1. The average molecular weight is 563 g/mol. The summed E-state index contributed by atoms with van der Waals surface area (Å²) in [5.41, 5.74) is 2.13. The molecule has 36 heavy (non-hydrogen) atoms. The lowest BCUT2D eigenvalue weighted by molar-refractivity contribution is -0.114. The summed E-state index contributed by atoms with van der Waals surface area (Å²) in [5, 5.41) is 12.5. The number of thioether (sulfide) groups is 1. The van der Waals surface area contributed by atoms with Gasteiger partial charge >= 0.3 is 0 Å². The Balaban J connectivity index is 1.60. The molecule has 0 bridgehead atoms. The van der Waals surface area contributed by atoms with Gasteiger partial charge in [0.1, 0.15) is 0 Å². The zero-order chi connectivity index (χ0) is 25.7. The second kappa shape index (κ2) is 11.4. The van der Waals surface area contributed by atoms with E-state index in [2.05, 4.69) is 20.2 Å². The van der Waals surface area contributed by atoms with Crippen molar-refractivity contribution in [1.82, 2.24) is 19.5 Å². The fraction of sp³-hybridized carbons (Fsp3) is 0.125. The smallest absolute Gasteiger partial charge is 0.240 e. The summed E-state index contributed by atoms with van der Waals surface area (Å²) in [6.45, 7) is 1.23. The Kier molecular flexibility index (Phi) is 8.32. The van der Waals surface area contributed by atoms with Crippen molar-refractivity contribution in [1.29, 1.82) is 0 Å². The minimum atomic E-state index is -3.88. The minimum Gasteiger partial charge on any atom is -0.326 e. The number of rotatable bonds is 9. The second-order valence-electron chi connectivity index (χ2n) is 7.63. The number of carbonyl (C=O) groups is 1. The van der Waals surface area contributed by atoms with Crippen molar-refractivity contribution in [2.75, 3.05) is 5.32 Å². The molecule has 0 saturated carbocycles. The molecule has 1 aromatic heterocycles. The summed E-state index contributed by atoms with van der Waals surface area (Å²) in [7, 11) is -3.88. The number of benzene rings is 3. The Bertz CT molecular complexity index is 1480. The normalized spacial score (nSPS) is 11.4. The van der Waals surface area contributed by atoms with E-state index < -0.39 is 10.0 Å². The molecular weight excluding hydrogens is 541 g/mol. The van der Waals surface area contributed by atoms with Crippen molar-refractivity contribution < 1.29 is 13.2 Å². The van der Waals surface area contributed by atoms with Crippen molar-refractivity contribution in [3.63, 3.8) is 0 Å². The summed E-state index contributed by atoms with van der Waals surface area (Å²) in [4.78, 5) is 11.2. The van der Waals surface area contributed by atoms with Gasteiger partial charge in [0.15, 0.2) is 11.0 Å². The van der Waals surface area contributed by atoms with Crippen LogP contribution in [-0.4, -0.2) is 29.1 Å². The number of sulfonamides is 1. The molecule has 8 nitrogen and oxygen atoms in total. The van der Waals surface area contributed by atoms with E-state index >= 15 is 0 Å². The standard InChI is InChI=1S/C24H21Cl2N5O3S2/c1-16(32)28-19-8-10-20(11-9-19)36(33,34)27-14-23-29-30-24(35-15-17-5-3-2-4-6-17)31(23)22-13-18(25)7-12-21(22)26/h2-13,27H,14-15H2,1H3,(H,28,32). The SMILES string of the molecule is CC(=O)Nc1ccc(S(=O)(=O)NCc2nnc(SCc3ccccc3)n2-c2cc(Cl)ccc2Cl)cc1. The Morgan fingerprint density at radius 1 is 1.00 bits per heavy atom. The maximum absolute atomic E-state index is 12.9. The van der Waals surface area contributed by atoms with Crippen LogP contribution in [0, 0.1) is 0 Å². The molecule has 0 atom stereocenters. The monoisotopic (exact) mass is 561 g/mol. The lowest BCUT2D eigenvalue weighted by Crippen LogP contribution is -2.25. The fourth-order valence-corrected chi connectivity index (χ4v) is 5.56. The van der Waals surface area contributed by atoms with E-state index in [4.69, 9.17) is 23.2 Å². The van der Waals surface area contributed by atoms with Crippen molar-refractivity contribution in [3.8, 4) is 5.69 Å². The van der Waals surface area contributed by atoms with E-state index in [1.807, 2.05) is 30.3 Å². The van der Waals surface area contributed by atoms with E-state index in [0.717, 1.165) is 5.56 Å². The highest BCUT2D eigenvalue weighted by Crippen LogP contribution is 2.31. The first kappa shape index (κ1) is 26.2. The summed E-state index contributed by atoms with van der Waals surface area (Å²) in [6, 6.07) is 20.7. The van der Waals surface area contributed by atoms with Gasteiger partial charge in [-0.2, -0.15) is 0 Å². The molecular formula is C24H21Cl2N5O3S2. The quantitative estimate of drug-likeness (QED) is 0.268. The molecule has 0 saturated heterocycles. The molecule has 0 aliphatic carbocycles. The van der Waals surface area contributed by atoms with Crippen LogP contribution < -0.4 is 10.0 Å². The molecule has 1 heterocycles. The van der Waals surface area contributed by atoms with Crippen molar-refractivity contribution in [2.45, 2.75) is 29.3 Å². The number of nitrogens with zero attached hydrogens (tertiary/aromatic N) is 3. The highest BCUT2D eigenvalue weighted by Gasteiger charge is 2.20. The zero-order valence-electron chi connectivity index (χ0n) is 19.0. The molecule has 0 spiro atoms. The molecule has 12 heteroatoms. The first-order valence-corrected chi connectivity index (χ1v) is 13.9. The molecule has 0 unspecified atom stereocenters. The third-order valence-electron chi connectivity index (χ3n) is 4.97. The van der Waals surface area contributed by atoms with Crippen molar-refractivity contribution in [2.24, 2.45) is 0 Å². The largest absolute Gasteiger partial charge is 0.326 e. The highest BCUT2D eigenvalue weighted by atomic mass is 35.5. The summed E-state index contributed by atoms with van der Waals surface area (Å²) >= 11 is 14.1. The number of nitrogens with one attached hydrogen (secondary N) is 2. The third kappa shape index (κ3) is 6.45. The van der Waals surface area contributed by atoms with Gasteiger partial charge in [0.25, 0.3) is 0 Å². The Morgan fingerprint density at radius 2 is 1.72 bits per heavy atom. The first-order chi connectivity index (χ1) is 17.2. The van der Waals surface area contributed by atoms with Crippen LogP contribution in [0.15, 0.2) is 82.8 Å². The van der Waals surface area contributed by atoms with E-state index in [1.54, 1.807) is 22.8 Å². The number of hydrogen-bond donors (Lipinski definition) is 2. The second-order valence-corrected chi connectivity index (χ2v) is 11.2. The predicted molar refractivity (Wildman–Crippen MR) is 142 cm³/mol. The van der Waals surface area contributed by atoms with Gasteiger partial charge in [0.2, 0.25) is 15.9 Å². The molecule has 3 aromatic carbocycles. The molecule has 0 aliphatic rings. The van der Waals surface area contributed by atoms with Crippen LogP contribution in [0.4, 0.5) is 5.69 Å². The fourth-order valence-electron chi connectivity index (χ4n) is 3.29. The molecule has 0 radical (unpaired) electrons. The third-order valence-corrected chi connectivity index (χ3v) is 7.94. The molecule has 186 valence electrons. The Morgan fingerprint density at radius 3 is 2.42 bits per heavy atom. The first-order valence-electron chi connectivity index (χ1n) is 10.7. The van der Waals surface area contributed by atoms with Crippen LogP contribution in [0.2, 0.25) is 10.0 Å². The minimum absolute atomic E-state index is 0.0436. The maximum Gasteiger partial charge on any atom is 0.240 e. The van der Waals surface area contributed by atoms with Gasteiger partial charge in [0, 0.05) is 23.4 Å². The predicted octanol–water partition coefficient (Wildman–Crippen LogP) is 5.30. The van der Waals surface area contributed by atoms with Crippen LogP contribution in [0.1, 0.15) is 18.3 Å². The van der Waals surface area contributed by atoms with E-state index in [1.165, 1.54) is 43.0 Å². The van der Waals surface area contributed by atoms with E-state index in [-0.39, 0.29) is 17.3 Å². The van der Waals surface area contributed by atoms with Gasteiger partial charge in [-0.05, 0) is 48.0 Å². The van der Waals surface area contributed by atoms with Crippen LogP contribution in [0.5, 0.6) is 0 Å². The van der Waals surface area contributed by atoms with Gasteiger partial charge in [-0.25, -0.2) is 13.1 Å². The Hall–Kier alpha value is -2.89. The average Bonchev–Trinajstić information content (AvgIpc) is 3.26. The van der Waals surface area contributed by atoms with Crippen LogP contribution in [0.25, 0.3) is 5.69 Å². The van der Waals surface area contributed by atoms with Gasteiger partial charge in [-0.15, -0.1) is 10.2 Å². The van der Waals surface area contributed by atoms with Crippen LogP contribution in [-0.2, 0) is 27.1 Å². The lowest BCUT2D eigenvalue weighted by atomic mass is 10.2. The lowest BCUT2D eigenvalue weighted by Gasteiger charge is -2.13. The summed E-state index contributed by atoms with van der Waals surface area (Å²) < 4.78 is 30.1. The molecule has 4 rings (SSSR count). The number of anilines is 1. The number of carbonyl (C=O) groups excluding carboxylic acids is 1. The molecule has 0 aliphatic heterocycles. The number of hydrogen-bond acceptors (Lipinski definition) is 6. The number of aromatic nitrogens is 3. The molecule has 1 amide bonds. The van der Waals surface area contributed by atoms with E-state index in [0.29, 0.717) is 38.2 Å². The van der Waals surface area contributed by atoms with Gasteiger partial charge in [0.05, 0.1) is 22.2 Å². The number of amides is 1. The molecule has 2 N–H and O–H groups in total. The van der Waals surface area contributed by atoms with Crippen LogP contribution in [0.3, 0.4) is 0 Å². The summed E-state index contributed by atoms with van der Waals surface area (Å²) in [5.74, 6) is 0.723. The van der Waals surface area contributed by atoms with E-state index in [9.17, 15) is 13.2 Å². The topological polar surface area (TPSA) is 106 Å². The van der Waals surface area contributed by atoms with Gasteiger partial charge in [-0.1, -0.05) is 65.3 Å². The number of halogens is 2. The summed E-state index contributed by atoms with van der Waals surface area (Å²) in [6.07, 6.45) is 0. The van der Waals surface area contributed by atoms with Crippen LogP contribution >= 0.6 is 35.0 Å². The molecule has 4 aromatic rings. The highest BCUT2D eigenvalue weighted by molar-refractivity contribution is 7.98. The van der Waals surface area contributed by atoms with Crippen molar-refractivity contribution >= 4 is 56.6 Å². The maximum atomic E-state index is 12.9. The van der Waals surface area contributed by atoms with Gasteiger partial charge in [-0.3, -0.25) is 9.36 Å². The Labute approximate surface area is 223 Å².